The third kappa shape index (κ3) is 4.79. The van der Waals surface area contributed by atoms with E-state index < -0.39 is 24.4 Å². The predicted octanol–water partition coefficient (Wildman–Crippen LogP) is 3.99. The minimum atomic E-state index is -0.859. The van der Waals surface area contributed by atoms with Crippen LogP contribution in [0.4, 0.5) is 4.39 Å². The van der Waals surface area contributed by atoms with Crippen LogP contribution in [0.3, 0.4) is 0 Å². The molecule has 3 atom stereocenters. The normalized spacial score (nSPS) is 23.8. The van der Waals surface area contributed by atoms with E-state index in [1.165, 1.54) is 24.3 Å². The molecule has 1 aliphatic carbocycles. The molecule has 0 saturated heterocycles. The summed E-state index contributed by atoms with van der Waals surface area (Å²) in [5, 5.41) is 0. The Balaban J connectivity index is 1.88. The molecule has 24 heavy (non-hydrogen) atoms. The van der Waals surface area contributed by atoms with Crippen LogP contribution in [0.2, 0.25) is 0 Å². The zero-order valence-electron chi connectivity index (χ0n) is 14.5. The summed E-state index contributed by atoms with van der Waals surface area (Å²) in [6, 6.07) is 5.51. The van der Waals surface area contributed by atoms with E-state index in [-0.39, 0.29) is 11.7 Å². The Hall–Kier alpha value is -1.91. The van der Waals surface area contributed by atoms with Crippen LogP contribution in [0.25, 0.3) is 0 Å². The van der Waals surface area contributed by atoms with Gasteiger partial charge in [0.25, 0.3) is 0 Å². The van der Waals surface area contributed by atoms with Crippen LogP contribution in [0.15, 0.2) is 24.3 Å². The molecule has 5 heteroatoms. The Morgan fingerprint density at radius 1 is 1.25 bits per heavy atom. The van der Waals surface area contributed by atoms with Gasteiger partial charge in [0.05, 0.1) is 5.56 Å². The van der Waals surface area contributed by atoms with Gasteiger partial charge < -0.3 is 9.47 Å². The number of carbonyl (C=O) groups excluding carboxylic acids is 2. The van der Waals surface area contributed by atoms with Crippen molar-refractivity contribution in [2.45, 2.75) is 46.1 Å². The number of ether oxygens (including phenoxy) is 2. The van der Waals surface area contributed by atoms with Crippen molar-refractivity contribution in [1.29, 1.82) is 0 Å². The number of rotatable bonds is 5. The molecule has 0 bridgehead atoms. The fourth-order valence-corrected chi connectivity index (χ4v) is 3.28. The SMILES string of the molecule is CC(C)[C@@H]1CC[C@@H](C)C[C@H]1OC(=O)COC(=O)c1ccccc1F. The van der Waals surface area contributed by atoms with Crippen molar-refractivity contribution in [1.82, 2.24) is 0 Å². The lowest BCUT2D eigenvalue weighted by molar-refractivity contribution is -0.159. The third-order valence-corrected chi connectivity index (χ3v) is 4.66. The molecule has 0 unspecified atom stereocenters. The van der Waals surface area contributed by atoms with Gasteiger partial charge in [-0.1, -0.05) is 39.3 Å². The van der Waals surface area contributed by atoms with Gasteiger partial charge in [0.2, 0.25) is 0 Å². The maximum atomic E-state index is 13.5. The molecule has 1 fully saturated rings. The lowest BCUT2D eigenvalue weighted by Crippen LogP contribution is -2.36. The highest BCUT2D eigenvalue weighted by atomic mass is 19.1. The monoisotopic (exact) mass is 336 g/mol. The first-order chi connectivity index (χ1) is 11.4. The highest BCUT2D eigenvalue weighted by molar-refractivity contribution is 5.91. The second-order valence-electron chi connectivity index (χ2n) is 6.91. The van der Waals surface area contributed by atoms with Crippen LogP contribution in [-0.4, -0.2) is 24.6 Å². The number of halogens is 1. The van der Waals surface area contributed by atoms with E-state index in [4.69, 9.17) is 9.47 Å². The van der Waals surface area contributed by atoms with Crippen LogP contribution < -0.4 is 0 Å². The Kier molecular flexibility index (Phi) is 6.35. The molecule has 0 spiro atoms. The van der Waals surface area contributed by atoms with Crippen molar-refractivity contribution < 1.29 is 23.5 Å². The zero-order valence-corrected chi connectivity index (χ0v) is 14.5. The topological polar surface area (TPSA) is 52.6 Å². The van der Waals surface area contributed by atoms with Crippen molar-refractivity contribution in [3.05, 3.63) is 35.6 Å². The molecule has 1 aromatic carbocycles. The van der Waals surface area contributed by atoms with Crippen LogP contribution in [0.5, 0.6) is 0 Å². The van der Waals surface area contributed by atoms with Gasteiger partial charge in [-0.25, -0.2) is 14.0 Å². The highest BCUT2D eigenvalue weighted by Gasteiger charge is 2.33. The Bertz CT molecular complexity index is 584. The molecule has 0 amide bonds. The predicted molar refractivity (Wildman–Crippen MR) is 87.9 cm³/mol. The molecule has 1 aromatic rings. The van der Waals surface area contributed by atoms with E-state index in [9.17, 15) is 14.0 Å². The lowest BCUT2D eigenvalue weighted by atomic mass is 9.75. The first-order valence-electron chi connectivity index (χ1n) is 8.49. The van der Waals surface area contributed by atoms with Crippen LogP contribution in [0, 0.1) is 23.6 Å². The lowest BCUT2D eigenvalue weighted by Gasteiger charge is -2.36. The van der Waals surface area contributed by atoms with Gasteiger partial charge in [-0.15, -0.1) is 0 Å². The summed E-state index contributed by atoms with van der Waals surface area (Å²) in [7, 11) is 0. The largest absolute Gasteiger partial charge is 0.460 e. The van der Waals surface area contributed by atoms with Crippen LogP contribution in [0.1, 0.15) is 50.4 Å². The second kappa shape index (κ2) is 8.27. The van der Waals surface area contributed by atoms with Gasteiger partial charge in [0.15, 0.2) is 6.61 Å². The fourth-order valence-electron chi connectivity index (χ4n) is 3.28. The number of benzene rings is 1. The molecule has 0 N–H and O–H groups in total. The summed E-state index contributed by atoms with van der Waals surface area (Å²) in [5.41, 5.74) is -0.184. The average Bonchev–Trinajstić information content (AvgIpc) is 2.53. The Labute approximate surface area is 142 Å². The molecule has 1 aliphatic rings. The molecular weight excluding hydrogens is 311 g/mol. The molecule has 2 rings (SSSR count). The van der Waals surface area contributed by atoms with Crippen molar-refractivity contribution in [3.8, 4) is 0 Å². The van der Waals surface area contributed by atoms with Gasteiger partial charge in [0, 0.05) is 0 Å². The van der Waals surface area contributed by atoms with Crippen molar-refractivity contribution in [3.63, 3.8) is 0 Å². The molecule has 0 aromatic heterocycles. The van der Waals surface area contributed by atoms with E-state index >= 15 is 0 Å². The van der Waals surface area contributed by atoms with Gasteiger partial charge in [-0.3, -0.25) is 0 Å². The molecule has 1 saturated carbocycles. The maximum absolute atomic E-state index is 13.5. The van der Waals surface area contributed by atoms with Gasteiger partial charge in [-0.2, -0.15) is 0 Å². The highest BCUT2D eigenvalue weighted by Crippen LogP contribution is 2.35. The minimum absolute atomic E-state index is 0.145. The van der Waals surface area contributed by atoms with E-state index in [1.54, 1.807) is 0 Å². The van der Waals surface area contributed by atoms with E-state index in [2.05, 4.69) is 20.8 Å². The summed E-state index contributed by atoms with van der Waals surface area (Å²) in [6.07, 6.45) is 2.86. The average molecular weight is 336 g/mol. The van der Waals surface area contributed by atoms with Crippen molar-refractivity contribution >= 4 is 11.9 Å². The summed E-state index contributed by atoms with van der Waals surface area (Å²) < 4.78 is 23.9. The number of carbonyl (C=O) groups is 2. The molecule has 0 aliphatic heterocycles. The van der Waals surface area contributed by atoms with Crippen molar-refractivity contribution in [2.24, 2.45) is 17.8 Å². The summed E-state index contributed by atoms with van der Waals surface area (Å²) in [5.74, 6) is -0.841. The van der Waals surface area contributed by atoms with Gasteiger partial charge in [0.1, 0.15) is 11.9 Å². The maximum Gasteiger partial charge on any atom is 0.344 e. The fraction of sp³-hybridized carbons (Fsp3) is 0.579. The molecule has 0 heterocycles. The molecule has 0 radical (unpaired) electrons. The van der Waals surface area contributed by atoms with E-state index in [0.717, 1.165) is 19.3 Å². The molecule has 4 nitrogen and oxygen atoms in total. The van der Waals surface area contributed by atoms with Gasteiger partial charge >= 0.3 is 11.9 Å². The second-order valence-corrected chi connectivity index (χ2v) is 6.91. The summed E-state index contributed by atoms with van der Waals surface area (Å²) >= 11 is 0. The quantitative estimate of drug-likeness (QED) is 0.763. The number of esters is 2. The van der Waals surface area contributed by atoms with E-state index in [1.807, 2.05) is 0 Å². The summed E-state index contributed by atoms with van der Waals surface area (Å²) in [4.78, 5) is 23.8. The van der Waals surface area contributed by atoms with E-state index in [0.29, 0.717) is 17.8 Å². The van der Waals surface area contributed by atoms with Gasteiger partial charge in [-0.05, 0) is 42.7 Å². The zero-order chi connectivity index (χ0) is 17.7. The standard InChI is InChI=1S/C19H25FO4/c1-12(2)14-9-8-13(3)10-17(14)24-18(21)11-23-19(22)15-6-4-5-7-16(15)20/h4-7,12-14,17H,8-11H2,1-3H3/t13-,14+,17-/m1/s1. The minimum Gasteiger partial charge on any atom is -0.460 e. The number of hydrogen-bond donors (Lipinski definition) is 0. The van der Waals surface area contributed by atoms with Crippen LogP contribution >= 0.6 is 0 Å². The smallest absolute Gasteiger partial charge is 0.344 e. The molecular formula is C19H25FO4. The number of hydrogen-bond acceptors (Lipinski definition) is 4. The Morgan fingerprint density at radius 2 is 1.96 bits per heavy atom. The van der Waals surface area contributed by atoms with Crippen LogP contribution in [-0.2, 0) is 14.3 Å². The van der Waals surface area contributed by atoms with Crippen molar-refractivity contribution in [2.75, 3.05) is 6.61 Å². The first kappa shape index (κ1) is 18.4. The molecule has 132 valence electrons. The third-order valence-electron chi connectivity index (χ3n) is 4.66. The summed E-state index contributed by atoms with van der Waals surface area (Å²) in [6.45, 7) is 5.90. The Morgan fingerprint density at radius 3 is 2.62 bits per heavy atom. The first-order valence-corrected chi connectivity index (χ1v) is 8.49.